The summed E-state index contributed by atoms with van der Waals surface area (Å²) in [7, 11) is 0. The molecule has 1 aromatic rings. The highest BCUT2D eigenvalue weighted by molar-refractivity contribution is 6.68. The van der Waals surface area contributed by atoms with Gasteiger partial charge in [-0.1, -0.05) is 0 Å². The molecule has 0 aromatic heterocycles. The highest BCUT2D eigenvalue weighted by Gasteiger charge is 2.40. The number of rotatable bonds is 1. The van der Waals surface area contributed by atoms with Crippen molar-refractivity contribution in [3.05, 3.63) is 34.4 Å². The van der Waals surface area contributed by atoms with Crippen LogP contribution in [-0.4, -0.2) is 5.24 Å². The molecule has 1 rings (SSSR count). The summed E-state index contributed by atoms with van der Waals surface area (Å²) in [5.41, 5.74) is -4.60. The maximum absolute atomic E-state index is 12.6. The molecule has 0 amide bonds. The van der Waals surface area contributed by atoms with Gasteiger partial charge < -0.3 is 0 Å². The standard InChI is InChI=1S/C10H5ClF6O/c1-4-2-5(9(12,13)14)3-6(10(15,16)17)7(4)8(11)18/h2-3H,1H3. The molecule has 0 spiro atoms. The first-order valence-corrected chi connectivity index (χ1v) is 4.81. The zero-order valence-corrected chi connectivity index (χ0v) is 9.46. The first-order valence-electron chi connectivity index (χ1n) is 4.43. The third-order valence-electron chi connectivity index (χ3n) is 2.16. The average Bonchev–Trinajstić information content (AvgIpc) is 2.12. The Bertz CT molecular complexity index is 488. The minimum absolute atomic E-state index is 0.122. The molecular weight excluding hydrogens is 286 g/mol. The zero-order chi connectivity index (χ0) is 14.3. The van der Waals surface area contributed by atoms with E-state index in [1.807, 2.05) is 0 Å². The molecule has 0 bridgehead atoms. The molecule has 0 aliphatic carbocycles. The van der Waals surface area contributed by atoms with Crippen LogP contribution in [0.5, 0.6) is 0 Å². The second-order valence-corrected chi connectivity index (χ2v) is 3.83. The highest BCUT2D eigenvalue weighted by atomic mass is 35.5. The van der Waals surface area contributed by atoms with Gasteiger partial charge >= 0.3 is 12.4 Å². The van der Waals surface area contributed by atoms with Gasteiger partial charge in [0.05, 0.1) is 11.1 Å². The Labute approximate surface area is 102 Å². The summed E-state index contributed by atoms with van der Waals surface area (Å²) in [4.78, 5) is 10.9. The van der Waals surface area contributed by atoms with Crippen molar-refractivity contribution in [3.63, 3.8) is 0 Å². The van der Waals surface area contributed by atoms with E-state index in [0.29, 0.717) is 6.07 Å². The molecule has 8 heteroatoms. The van der Waals surface area contributed by atoms with Crippen molar-refractivity contribution in [2.24, 2.45) is 0 Å². The van der Waals surface area contributed by atoms with Crippen LogP contribution in [0.1, 0.15) is 27.0 Å². The number of benzene rings is 1. The molecule has 0 unspecified atom stereocenters. The molecule has 0 aliphatic heterocycles. The number of aryl methyl sites for hydroxylation is 1. The lowest BCUT2D eigenvalue weighted by molar-refractivity contribution is -0.143. The number of hydrogen-bond acceptors (Lipinski definition) is 1. The van der Waals surface area contributed by atoms with E-state index in [4.69, 9.17) is 11.6 Å². The molecule has 100 valence electrons. The molecule has 1 aromatic carbocycles. The van der Waals surface area contributed by atoms with Gasteiger partial charge in [-0.2, -0.15) is 26.3 Å². The smallest absolute Gasteiger partial charge is 0.276 e. The van der Waals surface area contributed by atoms with Gasteiger partial charge in [0.2, 0.25) is 0 Å². The van der Waals surface area contributed by atoms with E-state index in [1.54, 1.807) is 0 Å². The first-order chi connectivity index (χ1) is 7.94. The fraction of sp³-hybridized carbons (Fsp3) is 0.300. The Morgan fingerprint density at radius 3 is 1.89 bits per heavy atom. The Kier molecular flexibility index (Phi) is 3.67. The second-order valence-electron chi connectivity index (χ2n) is 3.48. The van der Waals surface area contributed by atoms with E-state index in [9.17, 15) is 31.1 Å². The summed E-state index contributed by atoms with van der Waals surface area (Å²) in [5.74, 6) is 0. The van der Waals surface area contributed by atoms with Crippen LogP contribution >= 0.6 is 11.6 Å². The average molecular weight is 291 g/mol. The number of carbonyl (C=O) groups is 1. The van der Waals surface area contributed by atoms with Gasteiger partial charge in [0.15, 0.2) is 0 Å². The minimum Gasteiger partial charge on any atom is -0.276 e. The number of halogens is 7. The Hall–Kier alpha value is -1.24. The van der Waals surface area contributed by atoms with E-state index < -0.39 is 39.8 Å². The summed E-state index contributed by atoms with van der Waals surface area (Å²) in [6.45, 7) is 0.958. The van der Waals surface area contributed by atoms with Crippen LogP contribution in [0.25, 0.3) is 0 Å². The lowest BCUT2D eigenvalue weighted by atomic mass is 9.98. The summed E-state index contributed by atoms with van der Waals surface area (Å²) >= 11 is 4.97. The third-order valence-corrected chi connectivity index (χ3v) is 2.35. The van der Waals surface area contributed by atoms with Crippen LogP contribution in [0.3, 0.4) is 0 Å². The lowest BCUT2D eigenvalue weighted by Gasteiger charge is -2.16. The maximum atomic E-state index is 12.6. The summed E-state index contributed by atoms with van der Waals surface area (Å²) in [6, 6.07) is 0.327. The fourth-order valence-corrected chi connectivity index (χ4v) is 1.69. The number of alkyl halides is 6. The molecule has 0 atom stereocenters. The van der Waals surface area contributed by atoms with Gasteiger partial charge in [-0.15, -0.1) is 0 Å². The predicted octanol–water partition coefficient (Wildman–Crippen LogP) is 4.41. The van der Waals surface area contributed by atoms with E-state index in [-0.39, 0.29) is 6.07 Å². The minimum atomic E-state index is -5.09. The molecular formula is C10H5ClF6O. The second kappa shape index (κ2) is 4.46. The van der Waals surface area contributed by atoms with Crippen molar-refractivity contribution in [2.75, 3.05) is 0 Å². The molecule has 0 aliphatic rings. The summed E-state index contributed by atoms with van der Waals surface area (Å²) in [5, 5.41) is -1.45. The topological polar surface area (TPSA) is 17.1 Å². The molecule has 18 heavy (non-hydrogen) atoms. The van der Waals surface area contributed by atoms with Crippen molar-refractivity contribution in [2.45, 2.75) is 19.3 Å². The van der Waals surface area contributed by atoms with Crippen LogP contribution in [0.4, 0.5) is 26.3 Å². The van der Waals surface area contributed by atoms with Crippen molar-refractivity contribution in [1.82, 2.24) is 0 Å². The van der Waals surface area contributed by atoms with Crippen LogP contribution < -0.4 is 0 Å². The largest absolute Gasteiger partial charge is 0.417 e. The zero-order valence-electron chi connectivity index (χ0n) is 8.71. The summed E-state index contributed by atoms with van der Waals surface area (Å²) in [6.07, 6.45) is -10.0. The van der Waals surface area contributed by atoms with Crippen molar-refractivity contribution in [1.29, 1.82) is 0 Å². The monoisotopic (exact) mass is 290 g/mol. The first kappa shape index (κ1) is 14.8. The van der Waals surface area contributed by atoms with Gasteiger partial charge in [0.25, 0.3) is 5.24 Å². The van der Waals surface area contributed by atoms with Crippen molar-refractivity contribution in [3.8, 4) is 0 Å². The fourth-order valence-electron chi connectivity index (χ4n) is 1.44. The Balaban J connectivity index is 3.64. The van der Waals surface area contributed by atoms with Crippen LogP contribution in [0.2, 0.25) is 0 Å². The molecule has 0 radical (unpaired) electrons. The van der Waals surface area contributed by atoms with E-state index in [1.165, 1.54) is 0 Å². The third kappa shape index (κ3) is 2.95. The van der Waals surface area contributed by atoms with Crippen LogP contribution in [-0.2, 0) is 12.4 Å². The molecule has 0 fully saturated rings. The number of carbonyl (C=O) groups excluding carboxylic acids is 1. The molecule has 0 heterocycles. The molecule has 0 saturated heterocycles. The lowest BCUT2D eigenvalue weighted by Crippen LogP contribution is -2.16. The van der Waals surface area contributed by atoms with Gasteiger partial charge in [-0.05, 0) is 36.2 Å². The van der Waals surface area contributed by atoms with E-state index >= 15 is 0 Å². The van der Waals surface area contributed by atoms with Gasteiger partial charge in [-0.3, -0.25) is 4.79 Å². The Morgan fingerprint density at radius 2 is 1.56 bits per heavy atom. The highest BCUT2D eigenvalue weighted by Crippen LogP contribution is 2.39. The molecule has 1 nitrogen and oxygen atoms in total. The Morgan fingerprint density at radius 1 is 1.06 bits per heavy atom. The summed E-state index contributed by atoms with van der Waals surface area (Å²) < 4.78 is 74.9. The number of hydrogen-bond donors (Lipinski definition) is 0. The predicted molar refractivity (Wildman–Crippen MR) is 51.4 cm³/mol. The van der Waals surface area contributed by atoms with Gasteiger partial charge in [0, 0.05) is 5.56 Å². The van der Waals surface area contributed by atoms with Crippen LogP contribution in [0, 0.1) is 6.92 Å². The van der Waals surface area contributed by atoms with Gasteiger partial charge in [0.1, 0.15) is 0 Å². The molecule has 0 N–H and O–H groups in total. The van der Waals surface area contributed by atoms with E-state index in [0.717, 1.165) is 6.92 Å². The van der Waals surface area contributed by atoms with Gasteiger partial charge in [-0.25, -0.2) is 0 Å². The van der Waals surface area contributed by atoms with Crippen molar-refractivity contribution >= 4 is 16.8 Å². The normalized spacial score (nSPS) is 12.7. The van der Waals surface area contributed by atoms with E-state index in [2.05, 4.69) is 0 Å². The van der Waals surface area contributed by atoms with Crippen molar-refractivity contribution < 1.29 is 31.1 Å². The SMILES string of the molecule is Cc1cc(C(F)(F)F)cc(C(F)(F)F)c1C(=O)Cl. The maximum Gasteiger partial charge on any atom is 0.417 e. The molecule has 0 saturated carbocycles. The quantitative estimate of drug-likeness (QED) is 0.553. The van der Waals surface area contributed by atoms with Crippen LogP contribution in [0.15, 0.2) is 12.1 Å².